The molecular weight excluding hydrogens is 602 g/mol. The van der Waals surface area contributed by atoms with Crippen LogP contribution in [-0.2, 0) is 26.2 Å². The Balaban J connectivity index is 1.69. The number of anilines is 1. The van der Waals surface area contributed by atoms with Gasteiger partial charge in [-0.05, 0) is 86.5 Å². The number of carbonyl (C=O) groups excluding carboxylic acids is 2. The Morgan fingerprint density at radius 3 is 2.16 bits per heavy atom. The summed E-state index contributed by atoms with van der Waals surface area (Å²) in [4.78, 5) is 30.4. The molecule has 1 atom stereocenters. The predicted molar refractivity (Wildman–Crippen MR) is 175 cm³/mol. The highest BCUT2D eigenvalue weighted by Gasteiger charge is 2.34. The molecule has 1 N–H and O–H groups in total. The first-order chi connectivity index (χ1) is 20.6. The lowest BCUT2D eigenvalue weighted by Gasteiger charge is -2.34. The van der Waals surface area contributed by atoms with Gasteiger partial charge in [0.2, 0.25) is 11.8 Å². The third-order valence-corrected chi connectivity index (χ3v) is 10.6. The number of hydrogen-bond donors (Lipinski definition) is 1. The summed E-state index contributed by atoms with van der Waals surface area (Å²) < 4.78 is 29.3. The summed E-state index contributed by atoms with van der Waals surface area (Å²) >= 11 is 7.63. The van der Waals surface area contributed by atoms with Crippen molar-refractivity contribution in [3.8, 4) is 0 Å². The van der Waals surface area contributed by atoms with E-state index in [1.165, 1.54) is 16.7 Å². The molecule has 0 saturated heterocycles. The molecule has 1 saturated carbocycles. The summed E-state index contributed by atoms with van der Waals surface area (Å²) in [6.07, 6.45) is 7.43. The Morgan fingerprint density at radius 2 is 1.58 bits per heavy atom. The largest absolute Gasteiger partial charge is 0.352 e. The van der Waals surface area contributed by atoms with Crippen LogP contribution in [0.4, 0.5) is 5.69 Å². The van der Waals surface area contributed by atoms with Gasteiger partial charge in [-0.3, -0.25) is 13.9 Å². The molecule has 230 valence electrons. The normalized spacial score (nSPS) is 14.6. The van der Waals surface area contributed by atoms with E-state index in [1.54, 1.807) is 48.5 Å². The van der Waals surface area contributed by atoms with E-state index in [0.717, 1.165) is 52.4 Å². The molecule has 4 rings (SSSR count). The van der Waals surface area contributed by atoms with Crippen molar-refractivity contribution < 1.29 is 18.0 Å². The first-order valence-corrected chi connectivity index (χ1v) is 17.7. The van der Waals surface area contributed by atoms with Crippen LogP contribution in [0.2, 0.25) is 5.02 Å². The molecule has 43 heavy (non-hydrogen) atoms. The fourth-order valence-corrected chi connectivity index (χ4v) is 7.31. The number of aryl methyl sites for hydroxylation is 1. The average molecular weight is 642 g/mol. The van der Waals surface area contributed by atoms with Crippen LogP contribution in [0.25, 0.3) is 0 Å². The zero-order chi connectivity index (χ0) is 31.0. The molecule has 0 unspecified atom stereocenters. The molecule has 0 aromatic heterocycles. The van der Waals surface area contributed by atoms with Crippen molar-refractivity contribution in [2.45, 2.75) is 80.8 Å². The molecule has 0 radical (unpaired) electrons. The fraction of sp³-hybridized carbons (Fsp3) is 0.394. The zero-order valence-corrected chi connectivity index (χ0v) is 27.4. The molecule has 2 amide bonds. The van der Waals surface area contributed by atoms with Gasteiger partial charge in [-0.15, -0.1) is 11.8 Å². The number of nitrogens with one attached hydrogen (secondary N) is 1. The van der Waals surface area contributed by atoms with Crippen molar-refractivity contribution >= 4 is 50.9 Å². The fourth-order valence-electron chi connectivity index (χ4n) is 5.36. The van der Waals surface area contributed by atoms with Crippen LogP contribution >= 0.6 is 23.4 Å². The number of halogens is 1. The highest BCUT2D eigenvalue weighted by molar-refractivity contribution is 7.98. The van der Waals surface area contributed by atoms with Crippen LogP contribution in [-0.4, -0.2) is 50.0 Å². The van der Waals surface area contributed by atoms with Gasteiger partial charge >= 0.3 is 0 Å². The highest BCUT2D eigenvalue weighted by Crippen LogP contribution is 2.27. The van der Waals surface area contributed by atoms with Crippen LogP contribution in [0.3, 0.4) is 0 Å². The number of nitrogens with zero attached hydrogens (tertiary/aromatic N) is 2. The number of rotatable bonds is 12. The molecule has 1 fully saturated rings. The Bertz CT molecular complexity index is 1470. The van der Waals surface area contributed by atoms with Crippen LogP contribution in [0, 0.1) is 6.92 Å². The Morgan fingerprint density at radius 1 is 0.953 bits per heavy atom. The minimum Gasteiger partial charge on any atom is -0.352 e. The summed E-state index contributed by atoms with van der Waals surface area (Å²) in [6.45, 7) is 3.46. The van der Waals surface area contributed by atoms with E-state index in [-0.39, 0.29) is 23.4 Å². The number of carbonyl (C=O) groups is 2. The topological polar surface area (TPSA) is 86.8 Å². The molecule has 0 bridgehead atoms. The van der Waals surface area contributed by atoms with Gasteiger partial charge in [-0.25, -0.2) is 8.42 Å². The Labute approximate surface area is 265 Å². The number of benzene rings is 3. The van der Waals surface area contributed by atoms with Crippen molar-refractivity contribution in [3.05, 3.63) is 88.9 Å². The van der Waals surface area contributed by atoms with Gasteiger partial charge in [0, 0.05) is 22.5 Å². The first kappa shape index (κ1) is 32.9. The van der Waals surface area contributed by atoms with Gasteiger partial charge < -0.3 is 10.2 Å². The van der Waals surface area contributed by atoms with Crippen molar-refractivity contribution in [2.24, 2.45) is 0 Å². The third-order valence-electron chi connectivity index (χ3n) is 7.85. The quantitative estimate of drug-likeness (QED) is 0.219. The second kappa shape index (κ2) is 15.1. The van der Waals surface area contributed by atoms with Crippen LogP contribution in [0.5, 0.6) is 0 Å². The summed E-state index contributed by atoms with van der Waals surface area (Å²) in [5.74, 6) is -0.681. The molecule has 0 heterocycles. The van der Waals surface area contributed by atoms with Crippen molar-refractivity contribution in [1.29, 1.82) is 0 Å². The monoisotopic (exact) mass is 641 g/mol. The lowest BCUT2D eigenvalue weighted by Crippen LogP contribution is -2.54. The summed E-state index contributed by atoms with van der Waals surface area (Å²) in [6, 6.07) is 20.1. The number of sulfonamides is 1. The van der Waals surface area contributed by atoms with E-state index in [0.29, 0.717) is 17.1 Å². The number of hydrogen-bond acceptors (Lipinski definition) is 5. The number of thioether (sulfide) groups is 1. The maximum absolute atomic E-state index is 14.3. The predicted octanol–water partition coefficient (Wildman–Crippen LogP) is 6.82. The van der Waals surface area contributed by atoms with Gasteiger partial charge in [0.05, 0.1) is 10.6 Å². The minimum atomic E-state index is -4.12. The third kappa shape index (κ3) is 8.55. The second-order valence-corrected chi connectivity index (χ2v) is 14.1. The van der Waals surface area contributed by atoms with Gasteiger partial charge in [0.25, 0.3) is 10.0 Å². The van der Waals surface area contributed by atoms with E-state index < -0.39 is 28.5 Å². The lowest BCUT2D eigenvalue weighted by atomic mass is 9.95. The molecule has 3 aromatic rings. The smallest absolute Gasteiger partial charge is 0.264 e. The average Bonchev–Trinajstić information content (AvgIpc) is 3.01. The maximum Gasteiger partial charge on any atom is 0.264 e. The van der Waals surface area contributed by atoms with E-state index in [1.807, 2.05) is 44.4 Å². The standard InChI is InChI=1S/C33H40ClN3O4S2/c1-4-31(33(39)35-27-8-6-5-7-9-27)36(22-25-12-14-26(34)15-13-25)32(38)23-37(28-16-10-24(2)11-17-28)43(40,41)30-20-18-29(42-3)19-21-30/h10-21,27,31H,4-9,22-23H2,1-3H3,(H,35,39)/t31-/m0/s1. The van der Waals surface area contributed by atoms with Gasteiger partial charge in [0.1, 0.15) is 12.6 Å². The SMILES string of the molecule is CC[C@@H](C(=O)NC1CCCCC1)N(Cc1ccc(Cl)cc1)C(=O)CN(c1ccc(C)cc1)S(=O)(=O)c1ccc(SC)cc1. The molecule has 1 aliphatic carbocycles. The van der Waals surface area contributed by atoms with E-state index >= 15 is 0 Å². The molecule has 0 aliphatic heterocycles. The Kier molecular flexibility index (Phi) is 11.6. The summed E-state index contributed by atoms with van der Waals surface area (Å²) in [5.41, 5.74) is 2.13. The first-order valence-electron chi connectivity index (χ1n) is 14.7. The molecular formula is C33H40ClN3O4S2. The maximum atomic E-state index is 14.3. The molecule has 10 heteroatoms. The van der Waals surface area contributed by atoms with Crippen molar-refractivity contribution in [3.63, 3.8) is 0 Å². The van der Waals surface area contributed by atoms with Crippen LogP contribution in [0.1, 0.15) is 56.6 Å². The summed E-state index contributed by atoms with van der Waals surface area (Å²) in [7, 11) is -4.12. The van der Waals surface area contributed by atoms with Gasteiger partial charge in [0.15, 0.2) is 0 Å². The zero-order valence-electron chi connectivity index (χ0n) is 25.0. The molecule has 3 aromatic carbocycles. The van der Waals surface area contributed by atoms with E-state index in [4.69, 9.17) is 11.6 Å². The lowest BCUT2D eigenvalue weighted by molar-refractivity contribution is -0.140. The number of amides is 2. The molecule has 1 aliphatic rings. The van der Waals surface area contributed by atoms with Gasteiger partial charge in [-0.1, -0.05) is 67.6 Å². The van der Waals surface area contributed by atoms with Crippen LogP contribution < -0.4 is 9.62 Å². The second-order valence-electron chi connectivity index (χ2n) is 10.9. The van der Waals surface area contributed by atoms with Crippen molar-refractivity contribution in [1.82, 2.24) is 10.2 Å². The highest BCUT2D eigenvalue weighted by atomic mass is 35.5. The minimum absolute atomic E-state index is 0.0801. The van der Waals surface area contributed by atoms with E-state index in [2.05, 4.69) is 5.32 Å². The van der Waals surface area contributed by atoms with Gasteiger partial charge in [-0.2, -0.15) is 0 Å². The van der Waals surface area contributed by atoms with Crippen molar-refractivity contribution in [2.75, 3.05) is 17.1 Å². The van der Waals surface area contributed by atoms with E-state index in [9.17, 15) is 18.0 Å². The Hall–Kier alpha value is -3.01. The van der Waals surface area contributed by atoms with Crippen LogP contribution in [0.15, 0.2) is 82.6 Å². The molecule has 7 nitrogen and oxygen atoms in total. The summed E-state index contributed by atoms with van der Waals surface area (Å²) in [5, 5.41) is 3.73. The molecule has 0 spiro atoms.